The second-order valence-corrected chi connectivity index (χ2v) is 5.62. The monoisotopic (exact) mass is 256 g/mol. The minimum absolute atomic E-state index is 0.105. The fraction of sp³-hybridized carbons (Fsp3) is 0.400. The topological polar surface area (TPSA) is 86.2 Å². The first-order valence-electron chi connectivity index (χ1n) is 4.96. The zero-order valence-corrected chi connectivity index (χ0v) is 10.8. The van der Waals surface area contributed by atoms with Crippen LogP contribution in [-0.2, 0) is 9.84 Å². The van der Waals surface area contributed by atoms with E-state index < -0.39 is 9.84 Å². The quantitative estimate of drug-likeness (QED) is 0.813. The Morgan fingerprint density at radius 2 is 1.18 bits per heavy atom. The summed E-state index contributed by atoms with van der Waals surface area (Å²) in [5, 5.41) is 6.93. The zero-order chi connectivity index (χ0) is 12.8. The van der Waals surface area contributed by atoms with Crippen molar-refractivity contribution >= 4 is 9.84 Å². The van der Waals surface area contributed by atoms with Crippen LogP contribution in [0, 0.1) is 27.7 Å². The van der Waals surface area contributed by atoms with Crippen molar-refractivity contribution < 1.29 is 17.5 Å². The molecule has 17 heavy (non-hydrogen) atoms. The smallest absolute Gasteiger partial charge is 0.248 e. The van der Waals surface area contributed by atoms with E-state index in [2.05, 4.69) is 10.3 Å². The van der Waals surface area contributed by atoms with Crippen molar-refractivity contribution in [2.75, 3.05) is 0 Å². The molecular weight excluding hydrogens is 244 g/mol. The van der Waals surface area contributed by atoms with Gasteiger partial charge in [-0.15, -0.1) is 0 Å². The van der Waals surface area contributed by atoms with Crippen LogP contribution >= 0.6 is 0 Å². The summed E-state index contributed by atoms with van der Waals surface area (Å²) in [7, 11) is -3.77. The van der Waals surface area contributed by atoms with Crippen molar-refractivity contribution in [3.05, 3.63) is 22.6 Å². The molecule has 2 heterocycles. The molecule has 6 nitrogen and oxygen atoms in total. The molecule has 0 saturated heterocycles. The van der Waals surface area contributed by atoms with Gasteiger partial charge in [-0.25, -0.2) is 8.42 Å². The lowest BCUT2D eigenvalue weighted by atomic mass is 10.3. The van der Waals surface area contributed by atoms with Crippen LogP contribution in [0.25, 0.3) is 0 Å². The summed E-state index contributed by atoms with van der Waals surface area (Å²) < 4.78 is 34.2. The van der Waals surface area contributed by atoms with E-state index in [-0.39, 0.29) is 10.1 Å². The molecule has 92 valence electrons. The molecule has 0 unspecified atom stereocenters. The van der Waals surface area contributed by atoms with Gasteiger partial charge < -0.3 is 9.05 Å². The van der Waals surface area contributed by atoms with Crippen LogP contribution in [0.4, 0.5) is 0 Å². The second kappa shape index (κ2) is 3.69. The lowest BCUT2D eigenvalue weighted by Gasteiger charge is -1.97. The maximum absolute atomic E-state index is 12.3. The zero-order valence-electron chi connectivity index (χ0n) is 9.94. The molecule has 0 saturated carbocycles. The Morgan fingerprint density at radius 3 is 1.41 bits per heavy atom. The van der Waals surface area contributed by atoms with E-state index in [1.54, 1.807) is 27.7 Å². The Morgan fingerprint density at radius 1 is 0.824 bits per heavy atom. The van der Waals surface area contributed by atoms with Crippen molar-refractivity contribution in [1.29, 1.82) is 0 Å². The van der Waals surface area contributed by atoms with Crippen molar-refractivity contribution in [2.45, 2.75) is 37.7 Å². The van der Waals surface area contributed by atoms with Crippen LogP contribution in [0.1, 0.15) is 22.6 Å². The highest BCUT2D eigenvalue weighted by molar-refractivity contribution is 7.91. The maximum Gasteiger partial charge on any atom is 0.248 e. The lowest BCUT2D eigenvalue weighted by Crippen LogP contribution is -2.06. The molecule has 0 spiro atoms. The van der Waals surface area contributed by atoms with Crippen LogP contribution in [0.15, 0.2) is 19.1 Å². The van der Waals surface area contributed by atoms with Crippen molar-refractivity contribution in [2.24, 2.45) is 0 Å². The molecule has 0 fully saturated rings. The SMILES string of the molecule is Cc1onc(S(=O)(=O)c2noc(C)c2C)c1C. The van der Waals surface area contributed by atoms with E-state index in [0.717, 1.165) is 0 Å². The molecule has 2 aromatic heterocycles. The van der Waals surface area contributed by atoms with Crippen LogP contribution in [0.5, 0.6) is 0 Å². The first-order valence-corrected chi connectivity index (χ1v) is 6.45. The van der Waals surface area contributed by atoms with Gasteiger partial charge in [0.25, 0.3) is 0 Å². The molecule has 0 aromatic carbocycles. The van der Waals surface area contributed by atoms with Gasteiger partial charge in [0.2, 0.25) is 19.9 Å². The first-order chi connectivity index (χ1) is 7.85. The summed E-state index contributed by atoms with van der Waals surface area (Å²) in [4.78, 5) is 0. The maximum atomic E-state index is 12.3. The van der Waals surface area contributed by atoms with E-state index in [4.69, 9.17) is 9.05 Å². The van der Waals surface area contributed by atoms with Crippen molar-refractivity contribution in [3.63, 3.8) is 0 Å². The third-order valence-electron chi connectivity index (χ3n) is 2.74. The van der Waals surface area contributed by atoms with Gasteiger partial charge in [0.15, 0.2) is 0 Å². The number of rotatable bonds is 2. The molecule has 7 heteroatoms. The summed E-state index contributed by atoms with van der Waals surface area (Å²) in [6.07, 6.45) is 0. The van der Waals surface area contributed by atoms with Gasteiger partial charge in [-0.05, 0) is 27.7 Å². The number of hydrogen-bond acceptors (Lipinski definition) is 6. The highest BCUT2D eigenvalue weighted by atomic mass is 32.2. The summed E-state index contributed by atoms with van der Waals surface area (Å²) in [6.45, 7) is 6.59. The van der Waals surface area contributed by atoms with Gasteiger partial charge >= 0.3 is 0 Å². The average Bonchev–Trinajstić information content (AvgIpc) is 2.75. The molecule has 0 radical (unpaired) electrons. The third-order valence-corrected chi connectivity index (χ3v) is 4.52. The molecule has 0 aliphatic carbocycles. The Labute approximate surface area is 98.5 Å². The predicted octanol–water partition coefficient (Wildman–Crippen LogP) is 1.73. The minimum atomic E-state index is -3.77. The molecular formula is C10H12N2O4S. The molecule has 0 bridgehead atoms. The fourth-order valence-electron chi connectivity index (χ4n) is 1.39. The summed E-state index contributed by atoms with van der Waals surface area (Å²) in [5.74, 6) is 0.947. The number of hydrogen-bond donors (Lipinski definition) is 0. The van der Waals surface area contributed by atoms with Crippen molar-refractivity contribution in [1.82, 2.24) is 10.3 Å². The summed E-state index contributed by atoms with van der Waals surface area (Å²) in [5.41, 5.74) is 0.982. The number of sulfone groups is 1. The Balaban J connectivity index is 2.66. The number of nitrogens with zero attached hydrogens (tertiary/aromatic N) is 2. The highest BCUT2D eigenvalue weighted by Gasteiger charge is 2.30. The molecule has 0 aliphatic heterocycles. The Bertz CT molecular complexity index is 614. The minimum Gasteiger partial charge on any atom is -0.360 e. The predicted molar refractivity (Wildman–Crippen MR) is 57.4 cm³/mol. The van der Waals surface area contributed by atoms with E-state index in [1.165, 1.54) is 0 Å². The molecule has 2 aromatic rings. The molecule has 0 aliphatic rings. The standard InChI is InChI=1S/C10H12N2O4S/c1-5-7(3)15-11-9(5)17(13,14)10-6(2)8(4)16-12-10/h1-4H3. The van der Waals surface area contributed by atoms with E-state index >= 15 is 0 Å². The molecule has 2 rings (SSSR count). The summed E-state index contributed by atoms with van der Waals surface area (Å²) >= 11 is 0. The van der Waals surface area contributed by atoms with Gasteiger partial charge in [-0.3, -0.25) is 0 Å². The molecule has 0 atom stereocenters. The van der Waals surface area contributed by atoms with Crippen LogP contribution in [0.3, 0.4) is 0 Å². The van der Waals surface area contributed by atoms with Crippen molar-refractivity contribution in [3.8, 4) is 0 Å². The summed E-state index contributed by atoms with van der Waals surface area (Å²) in [6, 6.07) is 0. The number of aromatic nitrogens is 2. The van der Waals surface area contributed by atoms with Gasteiger partial charge in [-0.2, -0.15) is 0 Å². The van der Waals surface area contributed by atoms with Crippen LogP contribution in [-0.4, -0.2) is 18.7 Å². The van der Waals surface area contributed by atoms with Gasteiger partial charge in [-0.1, -0.05) is 10.3 Å². The van der Waals surface area contributed by atoms with Crippen LogP contribution in [0.2, 0.25) is 0 Å². The largest absolute Gasteiger partial charge is 0.360 e. The third kappa shape index (κ3) is 1.66. The fourth-order valence-corrected chi connectivity index (χ4v) is 2.94. The normalized spacial score (nSPS) is 12.0. The van der Waals surface area contributed by atoms with E-state index in [1.807, 2.05) is 0 Å². The van der Waals surface area contributed by atoms with Gasteiger partial charge in [0.1, 0.15) is 11.5 Å². The van der Waals surface area contributed by atoms with E-state index in [0.29, 0.717) is 22.6 Å². The van der Waals surface area contributed by atoms with Gasteiger partial charge in [0.05, 0.1) is 0 Å². The van der Waals surface area contributed by atoms with Crippen LogP contribution < -0.4 is 0 Å². The number of aryl methyl sites for hydroxylation is 2. The molecule has 0 amide bonds. The Hall–Kier alpha value is -1.63. The molecule has 0 N–H and O–H groups in total. The second-order valence-electron chi connectivity index (χ2n) is 3.84. The Kier molecular flexibility index (Phi) is 2.57. The first kappa shape index (κ1) is 11.8. The lowest BCUT2D eigenvalue weighted by molar-refractivity contribution is 0.375. The average molecular weight is 256 g/mol. The van der Waals surface area contributed by atoms with E-state index in [9.17, 15) is 8.42 Å². The van der Waals surface area contributed by atoms with Gasteiger partial charge in [0, 0.05) is 11.1 Å². The highest BCUT2D eigenvalue weighted by Crippen LogP contribution is 2.26.